The van der Waals surface area contributed by atoms with E-state index in [-0.39, 0.29) is 6.61 Å². The van der Waals surface area contributed by atoms with E-state index in [1.54, 1.807) is 0 Å². The molecule has 0 radical (unpaired) electrons. The van der Waals surface area contributed by atoms with E-state index in [2.05, 4.69) is 12.6 Å². The molecule has 0 aromatic rings. The molecule has 0 spiro atoms. The van der Waals surface area contributed by atoms with Gasteiger partial charge in [0, 0.05) is 5.75 Å². The van der Waals surface area contributed by atoms with Crippen molar-refractivity contribution in [3.63, 3.8) is 0 Å². The molecule has 12 heteroatoms. The van der Waals surface area contributed by atoms with Gasteiger partial charge in [-0.15, -0.1) is 0 Å². The van der Waals surface area contributed by atoms with Gasteiger partial charge in [-0.05, 0) is 0 Å². The molecular weight excluding hydrogens is 376 g/mol. The molecule has 2 rings (SSSR count). The van der Waals surface area contributed by atoms with Crippen LogP contribution in [0.1, 0.15) is 0 Å². The van der Waals surface area contributed by atoms with Crippen LogP contribution in [0.4, 0.5) is 0 Å². The quantitative estimate of drug-likeness (QED) is 0.193. The molecule has 0 aliphatic carbocycles. The van der Waals surface area contributed by atoms with Gasteiger partial charge in [0.25, 0.3) is 0 Å². The second-order valence-corrected chi connectivity index (χ2v) is 6.55. The summed E-state index contributed by atoms with van der Waals surface area (Å²) in [4.78, 5) is 0. The Morgan fingerprint density at radius 1 is 0.731 bits per heavy atom. The lowest BCUT2D eigenvalue weighted by molar-refractivity contribution is -0.359. The maximum atomic E-state index is 10.3. The average Bonchev–Trinajstić information content (AvgIpc) is 2.64. The van der Waals surface area contributed by atoms with E-state index in [9.17, 15) is 35.7 Å². The van der Waals surface area contributed by atoms with E-state index in [0.717, 1.165) is 0 Å². The standard InChI is InChI=1S/C14H26O11S/c15-3-5-7(17)8(18)10(20)14(23-5)25-12-6(4-16)24-13(22-1-2-26)11(21)9(12)19/h5-21,26H,1-4H2/t5?,6?,7-,8?,9?,10?,11?,12-,13-,14+/m1/s1. The summed E-state index contributed by atoms with van der Waals surface area (Å²) in [5.41, 5.74) is 0. The van der Waals surface area contributed by atoms with Gasteiger partial charge < -0.3 is 54.7 Å². The number of ether oxygens (including phenoxy) is 4. The number of thiol groups is 1. The smallest absolute Gasteiger partial charge is 0.187 e. The van der Waals surface area contributed by atoms with Crippen LogP contribution in [-0.4, -0.2) is 123 Å². The van der Waals surface area contributed by atoms with E-state index in [4.69, 9.17) is 18.9 Å². The van der Waals surface area contributed by atoms with Crippen LogP contribution in [0.15, 0.2) is 0 Å². The molecule has 26 heavy (non-hydrogen) atoms. The summed E-state index contributed by atoms with van der Waals surface area (Å²) in [6, 6.07) is 0. The molecular formula is C14H26O11S. The highest BCUT2D eigenvalue weighted by Gasteiger charge is 2.50. The SMILES string of the molecule is OCC1O[C@@H](O[C@@H]2C(CO)O[C@@H](OCCS)C(O)C2O)C(O)C(O)[C@@H]1O. The van der Waals surface area contributed by atoms with Crippen molar-refractivity contribution in [3.05, 3.63) is 0 Å². The van der Waals surface area contributed by atoms with Crippen molar-refractivity contribution in [1.82, 2.24) is 0 Å². The van der Waals surface area contributed by atoms with Crippen LogP contribution in [0.25, 0.3) is 0 Å². The normalized spacial score (nSPS) is 47.1. The third-order valence-corrected chi connectivity index (χ3v) is 4.52. The van der Waals surface area contributed by atoms with Crippen LogP contribution in [0, 0.1) is 0 Å². The highest BCUT2D eigenvalue weighted by atomic mass is 32.1. The van der Waals surface area contributed by atoms with Crippen molar-refractivity contribution in [1.29, 1.82) is 0 Å². The number of aliphatic hydroxyl groups is 7. The predicted octanol–water partition coefficient (Wildman–Crippen LogP) is -4.44. The molecule has 0 aromatic carbocycles. The molecule has 11 nitrogen and oxygen atoms in total. The van der Waals surface area contributed by atoms with Crippen LogP contribution >= 0.6 is 12.6 Å². The zero-order valence-corrected chi connectivity index (χ0v) is 14.7. The number of hydrogen-bond donors (Lipinski definition) is 8. The van der Waals surface area contributed by atoms with Crippen LogP contribution in [-0.2, 0) is 18.9 Å². The van der Waals surface area contributed by atoms with Crippen molar-refractivity contribution >= 4 is 12.6 Å². The minimum absolute atomic E-state index is 0.133. The van der Waals surface area contributed by atoms with E-state index in [1.807, 2.05) is 0 Å². The highest BCUT2D eigenvalue weighted by Crippen LogP contribution is 2.29. The summed E-state index contributed by atoms with van der Waals surface area (Å²) in [6.45, 7) is -1.12. The molecule has 0 aromatic heterocycles. The van der Waals surface area contributed by atoms with E-state index in [1.165, 1.54) is 0 Å². The largest absolute Gasteiger partial charge is 0.394 e. The molecule has 2 heterocycles. The zero-order chi connectivity index (χ0) is 19.4. The second kappa shape index (κ2) is 9.91. The van der Waals surface area contributed by atoms with E-state index < -0.39 is 74.6 Å². The number of rotatable bonds is 7. The fourth-order valence-corrected chi connectivity index (χ4v) is 2.97. The molecule has 0 saturated carbocycles. The summed E-state index contributed by atoms with van der Waals surface area (Å²) in [5.74, 6) is 0.345. The molecule has 7 N–H and O–H groups in total. The average molecular weight is 402 g/mol. The van der Waals surface area contributed by atoms with Crippen LogP contribution in [0.3, 0.4) is 0 Å². The van der Waals surface area contributed by atoms with E-state index >= 15 is 0 Å². The summed E-state index contributed by atoms with van der Waals surface area (Å²) in [5, 5.41) is 68.7. The van der Waals surface area contributed by atoms with Gasteiger partial charge in [0.1, 0.15) is 48.8 Å². The molecule has 2 fully saturated rings. The summed E-state index contributed by atoms with van der Waals surface area (Å²) >= 11 is 3.96. The highest BCUT2D eigenvalue weighted by molar-refractivity contribution is 7.80. The van der Waals surface area contributed by atoms with Crippen molar-refractivity contribution in [2.45, 2.75) is 61.4 Å². The maximum Gasteiger partial charge on any atom is 0.187 e. The lowest BCUT2D eigenvalue weighted by Crippen LogP contribution is -2.64. The Morgan fingerprint density at radius 3 is 1.88 bits per heavy atom. The van der Waals surface area contributed by atoms with Gasteiger partial charge in [0.15, 0.2) is 12.6 Å². The summed E-state index contributed by atoms with van der Waals surface area (Å²) in [7, 11) is 0. The Balaban J connectivity index is 2.09. The number of hydrogen-bond acceptors (Lipinski definition) is 12. The summed E-state index contributed by atoms with van der Waals surface area (Å²) < 4.78 is 21.2. The lowest BCUT2D eigenvalue weighted by Gasteiger charge is -2.45. The van der Waals surface area contributed by atoms with Crippen LogP contribution in [0.2, 0.25) is 0 Å². The minimum atomic E-state index is -1.70. The van der Waals surface area contributed by atoms with Gasteiger partial charge in [0.05, 0.1) is 19.8 Å². The first-order valence-corrected chi connectivity index (χ1v) is 8.79. The fourth-order valence-electron chi connectivity index (χ4n) is 2.86. The molecule has 2 aliphatic rings. The molecule has 0 bridgehead atoms. The van der Waals surface area contributed by atoms with E-state index in [0.29, 0.717) is 5.75 Å². The first kappa shape index (κ1) is 22.2. The Kier molecular flexibility index (Phi) is 8.46. The third-order valence-electron chi connectivity index (χ3n) is 4.33. The Hall–Kier alpha value is -0.0900. The van der Waals surface area contributed by atoms with Crippen LogP contribution < -0.4 is 0 Å². The van der Waals surface area contributed by atoms with Gasteiger partial charge in [-0.1, -0.05) is 0 Å². The maximum absolute atomic E-state index is 10.3. The molecule has 6 unspecified atom stereocenters. The van der Waals surface area contributed by atoms with Crippen molar-refractivity contribution in [3.8, 4) is 0 Å². The topological polar surface area (TPSA) is 179 Å². The van der Waals surface area contributed by atoms with Gasteiger partial charge >= 0.3 is 0 Å². The first-order chi connectivity index (χ1) is 12.3. The second-order valence-electron chi connectivity index (χ2n) is 6.10. The van der Waals surface area contributed by atoms with Gasteiger partial charge in [-0.25, -0.2) is 0 Å². The first-order valence-electron chi connectivity index (χ1n) is 8.16. The molecule has 154 valence electrons. The monoisotopic (exact) mass is 402 g/mol. The van der Waals surface area contributed by atoms with Crippen LogP contribution in [0.5, 0.6) is 0 Å². The molecule has 2 aliphatic heterocycles. The molecule has 10 atom stereocenters. The minimum Gasteiger partial charge on any atom is -0.394 e. The molecule has 2 saturated heterocycles. The van der Waals surface area contributed by atoms with Gasteiger partial charge in [0.2, 0.25) is 0 Å². The third kappa shape index (κ3) is 4.66. The Bertz CT molecular complexity index is 426. The van der Waals surface area contributed by atoms with Gasteiger partial charge in [-0.3, -0.25) is 0 Å². The van der Waals surface area contributed by atoms with Crippen molar-refractivity contribution in [2.24, 2.45) is 0 Å². The summed E-state index contributed by atoms with van der Waals surface area (Å²) in [6.07, 6.45) is -14.5. The molecule has 0 amide bonds. The Labute approximate surface area is 155 Å². The van der Waals surface area contributed by atoms with Gasteiger partial charge in [-0.2, -0.15) is 12.6 Å². The lowest BCUT2D eigenvalue weighted by atomic mass is 9.97. The zero-order valence-electron chi connectivity index (χ0n) is 13.8. The Morgan fingerprint density at radius 2 is 1.31 bits per heavy atom. The predicted molar refractivity (Wildman–Crippen MR) is 86.2 cm³/mol. The van der Waals surface area contributed by atoms with Crippen molar-refractivity contribution < 1.29 is 54.7 Å². The van der Waals surface area contributed by atoms with Crippen molar-refractivity contribution in [2.75, 3.05) is 25.6 Å². The number of aliphatic hydroxyl groups excluding tert-OH is 7. The fraction of sp³-hybridized carbons (Fsp3) is 1.00.